The summed E-state index contributed by atoms with van der Waals surface area (Å²) in [5, 5.41) is 0. The van der Waals surface area contributed by atoms with Crippen LogP contribution in [0.1, 0.15) is 24.1 Å². The Hall–Kier alpha value is -0.290. The van der Waals surface area contributed by atoms with Crippen molar-refractivity contribution in [3.63, 3.8) is 0 Å². The second kappa shape index (κ2) is 3.46. The number of aryl methyl sites for hydroxylation is 1. The quantitative estimate of drug-likeness (QED) is 0.805. The van der Waals surface area contributed by atoms with Crippen LogP contribution in [0.15, 0.2) is 12.1 Å². The van der Waals surface area contributed by atoms with Crippen molar-refractivity contribution < 1.29 is 4.74 Å². The minimum absolute atomic E-state index is 0.0669. The zero-order valence-electron chi connectivity index (χ0n) is 7.51. The molecule has 1 aromatic carbocycles. The highest BCUT2D eigenvalue weighted by atomic mass is 127. The molecule has 0 aromatic heterocycles. The fourth-order valence-electron chi connectivity index (χ4n) is 1.57. The molecule has 3 heteroatoms. The number of halogens is 1. The fourth-order valence-corrected chi connectivity index (χ4v) is 2.39. The van der Waals surface area contributed by atoms with E-state index >= 15 is 0 Å². The first-order valence-electron chi connectivity index (χ1n) is 4.43. The second-order valence-corrected chi connectivity index (χ2v) is 4.41. The van der Waals surface area contributed by atoms with Crippen molar-refractivity contribution in [1.29, 1.82) is 0 Å². The molecule has 1 aliphatic rings. The molecule has 0 fully saturated rings. The third-order valence-electron chi connectivity index (χ3n) is 2.38. The molecule has 13 heavy (non-hydrogen) atoms. The maximum absolute atomic E-state index is 5.89. The Labute approximate surface area is 91.6 Å². The van der Waals surface area contributed by atoms with Gasteiger partial charge in [-0.05, 0) is 46.7 Å². The molecule has 0 saturated carbocycles. The van der Waals surface area contributed by atoms with Crippen LogP contribution in [0.4, 0.5) is 0 Å². The van der Waals surface area contributed by atoms with Crippen LogP contribution in [0.5, 0.6) is 5.75 Å². The fraction of sp³-hybridized carbons (Fsp3) is 0.400. The summed E-state index contributed by atoms with van der Waals surface area (Å²) in [5.74, 6) is 0.967. The molecule has 2 nitrogen and oxygen atoms in total. The Morgan fingerprint density at radius 3 is 3.08 bits per heavy atom. The maximum Gasteiger partial charge on any atom is 0.125 e. The van der Waals surface area contributed by atoms with Gasteiger partial charge < -0.3 is 10.5 Å². The molecule has 1 atom stereocenters. The van der Waals surface area contributed by atoms with E-state index in [2.05, 4.69) is 41.6 Å². The Morgan fingerprint density at radius 1 is 1.62 bits per heavy atom. The molecular weight excluding hydrogens is 277 g/mol. The van der Waals surface area contributed by atoms with Gasteiger partial charge in [0.15, 0.2) is 0 Å². The van der Waals surface area contributed by atoms with Gasteiger partial charge >= 0.3 is 0 Å². The summed E-state index contributed by atoms with van der Waals surface area (Å²) in [6, 6.07) is 4.33. The van der Waals surface area contributed by atoms with Gasteiger partial charge in [0.1, 0.15) is 12.4 Å². The van der Waals surface area contributed by atoms with Gasteiger partial charge in [-0.1, -0.05) is 6.92 Å². The first kappa shape index (κ1) is 9.27. The number of fused-ring (bicyclic) bond motifs is 1. The molecule has 1 heterocycles. The van der Waals surface area contributed by atoms with Gasteiger partial charge in [-0.25, -0.2) is 0 Å². The number of ether oxygens (including phenoxy) is 1. The van der Waals surface area contributed by atoms with Gasteiger partial charge in [0, 0.05) is 9.13 Å². The lowest BCUT2D eigenvalue weighted by molar-refractivity contribution is 0.333. The molecule has 0 unspecified atom stereocenters. The van der Waals surface area contributed by atoms with Crippen LogP contribution in [0.3, 0.4) is 0 Å². The monoisotopic (exact) mass is 289 g/mol. The van der Waals surface area contributed by atoms with Crippen LogP contribution in [0.2, 0.25) is 0 Å². The average Bonchev–Trinajstić information content (AvgIpc) is 2.46. The molecule has 0 aliphatic carbocycles. The third kappa shape index (κ3) is 1.55. The number of hydrogen-bond acceptors (Lipinski definition) is 2. The standard InChI is InChI=1S/C10H12INO/c1-2-6-3-7-9(12)5-13-10(7)4-8(6)11/h3-4,9H,2,5,12H2,1H3/t9-/m1/s1. The van der Waals surface area contributed by atoms with Crippen LogP contribution in [-0.2, 0) is 6.42 Å². The molecular formula is C10H12INO. The predicted molar refractivity (Wildman–Crippen MR) is 61.0 cm³/mol. The van der Waals surface area contributed by atoms with Crippen molar-refractivity contribution in [3.8, 4) is 5.75 Å². The van der Waals surface area contributed by atoms with Crippen molar-refractivity contribution in [2.24, 2.45) is 5.73 Å². The van der Waals surface area contributed by atoms with Gasteiger partial charge in [0.05, 0.1) is 6.04 Å². The summed E-state index contributed by atoms with van der Waals surface area (Å²) in [4.78, 5) is 0. The van der Waals surface area contributed by atoms with Crippen LogP contribution < -0.4 is 10.5 Å². The van der Waals surface area contributed by atoms with Crippen molar-refractivity contribution >= 4 is 22.6 Å². The first-order valence-corrected chi connectivity index (χ1v) is 5.51. The minimum Gasteiger partial charge on any atom is -0.491 e. The van der Waals surface area contributed by atoms with Crippen LogP contribution in [0.25, 0.3) is 0 Å². The molecule has 1 aromatic rings. The van der Waals surface area contributed by atoms with E-state index in [0.29, 0.717) is 6.61 Å². The van der Waals surface area contributed by atoms with Gasteiger partial charge in [0.2, 0.25) is 0 Å². The Morgan fingerprint density at radius 2 is 2.38 bits per heavy atom. The highest BCUT2D eigenvalue weighted by molar-refractivity contribution is 14.1. The lowest BCUT2D eigenvalue weighted by Crippen LogP contribution is -2.10. The summed E-state index contributed by atoms with van der Waals surface area (Å²) < 4.78 is 6.73. The zero-order chi connectivity index (χ0) is 9.42. The maximum atomic E-state index is 5.89. The zero-order valence-corrected chi connectivity index (χ0v) is 9.67. The van der Waals surface area contributed by atoms with Gasteiger partial charge in [-0.3, -0.25) is 0 Å². The van der Waals surface area contributed by atoms with Gasteiger partial charge in [-0.15, -0.1) is 0 Å². The summed E-state index contributed by atoms with van der Waals surface area (Å²) >= 11 is 2.34. The third-order valence-corrected chi connectivity index (χ3v) is 3.38. The second-order valence-electron chi connectivity index (χ2n) is 3.25. The highest BCUT2D eigenvalue weighted by Crippen LogP contribution is 2.34. The van der Waals surface area contributed by atoms with Crippen molar-refractivity contribution in [2.75, 3.05) is 6.61 Å². The van der Waals surface area contributed by atoms with Crippen LogP contribution in [-0.4, -0.2) is 6.61 Å². The average molecular weight is 289 g/mol. The minimum atomic E-state index is 0.0669. The number of nitrogens with two attached hydrogens (primary N) is 1. The molecule has 0 saturated heterocycles. The first-order chi connectivity index (χ1) is 6.22. The number of hydrogen-bond donors (Lipinski definition) is 1. The van der Waals surface area contributed by atoms with E-state index in [0.717, 1.165) is 17.7 Å². The van der Waals surface area contributed by atoms with E-state index < -0.39 is 0 Å². The SMILES string of the molecule is CCc1cc2c(cc1I)OC[C@H]2N. The normalized spacial score (nSPS) is 19.8. The van der Waals surface area contributed by atoms with E-state index in [1.807, 2.05) is 0 Å². The Kier molecular flexibility index (Phi) is 2.47. The summed E-state index contributed by atoms with van der Waals surface area (Å²) in [6.07, 6.45) is 1.05. The Balaban J connectivity index is 2.51. The molecule has 2 N–H and O–H groups in total. The molecule has 0 amide bonds. The van der Waals surface area contributed by atoms with Crippen molar-refractivity contribution in [3.05, 3.63) is 26.8 Å². The van der Waals surface area contributed by atoms with Gasteiger partial charge in [0.25, 0.3) is 0 Å². The van der Waals surface area contributed by atoms with E-state index in [1.54, 1.807) is 0 Å². The molecule has 2 rings (SSSR count). The molecule has 0 spiro atoms. The van der Waals surface area contributed by atoms with Crippen molar-refractivity contribution in [1.82, 2.24) is 0 Å². The summed E-state index contributed by atoms with van der Waals surface area (Å²) in [6.45, 7) is 2.78. The van der Waals surface area contributed by atoms with Crippen LogP contribution >= 0.6 is 22.6 Å². The topological polar surface area (TPSA) is 35.2 Å². The van der Waals surface area contributed by atoms with Crippen molar-refractivity contribution in [2.45, 2.75) is 19.4 Å². The lowest BCUT2D eigenvalue weighted by atomic mass is 10.0. The van der Waals surface area contributed by atoms with Gasteiger partial charge in [-0.2, -0.15) is 0 Å². The molecule has 70 valence electrons. The van der Waals surface area contributed by atoms with E-state index in [9.17, 15) is 0 Å². The molecule has 0 bridgehead atoms. The van der Waals surface area contributed by atoms with Crippen LogP contribution in [0, 0.1) is 3.57 Å². The number of benzene rings is 1. The predicted octanol–water partition coefficient (Wildman–Crippen LogP) is 2.25. The summed E-state index contributed by atoms with van der Waals surface area (Å²) in [5.41, 5.74) is 8.42. The highest BCUT2D eigenvalue weighted by Gasteiger charge is 2.21. The van der Waals surface area contributed by atoms with E-state index in [-0.39, 0.29) is 6.04 Å². The molecule has 0 radical (unpaired) electrons. The molecule has 1 aliphatic heterocycles. The Bertz CT molecular complexity index is 338. The summed E-state index contributed by atoms with van der Waals surface area (Å²) in [7, 11) is 0. The lowest BCUT2D eigenvalue weighted by Gasteiger charge is -2.06. The van der Waals surface area contributed by atoms with E-state index in [4.69, 9.17) is 10.5 Å². The smallest absolute Gasteiger partial charge is 0.125 e. The number of rotatable bonds is 1. The largest absolute Gasteiger partial charge is 0.491 e. The van der Waals surface area contributed by atoms with E-state index in [1.165, 1.54) is 9.13 Å².